The van der Waals surface area contributed by atoms with Gasteiger partial charge in [-0.2, -0.15) is 5.10 Å². The highest BCUT2D eigenvalue weighted by molar-refractivity contribution is 7.89. The topological polar surface area (TPSA) is 79.6 Å². The summed E-state index contributed by atoms with van der Waals surface area (Å²) < 4.78 is 27.9. The van der Waals surface area contributed by atoms with Crippen LogP contribution in [0.25, 0.3) is 5.52 Å². The molecule has 3 heterocycles. The maximum atomic E-state index is 11.6. The summed E-state index contributed by atoms with van der Waals surface area (Å²) in [6.07, 6.45) is 5.17. The van der Waals surface area contributed by atoms with E-state index in [1.165, 1.54) is 0 Å². The van der Waals surface area contributed by atoms with Crippen LogP contribution in [0, 0.1) is 6.92 Å². The van der Waals surface area contributed by atoms with Gasteiger partial charge in [0, 0.05) is 31.5 Å². The van der Waals surface area contributed by atoms with Crippen LogP contribution in [0.4, 0.5) is 5.82 Å². The molecule has 0 radical (unpaired) electrons. The summed E-state index contributed by atoms with van der Waals surface area (Å²) in [5.41, 5.74) is 1.95. The number of fused-ring (bicyclic) bond motifs is 1. The van der Waals surface area contributed by atoms with Crippen molar-refractivity contribution < 1.29 is 8.42 Å². The van der Waals surface area contributed by atoms with E-state index in [1.54, 1.807) is 13.1 Å². The number of nitrogens with zero attached hydrogens (tertiary/aromatic N) is 4. The summed E-state index contributed by atoms with van der Waals surface area (Å²) in [5.74, 6) is 1.04. The van der Waals surface area contributed by atoms with E-state index < -0.39 is 10.0 Å². The van der Waals surface area contributed by atoms with E-state index >= 15 is 0 Å². The van der Waals surface area contributed by atoms with Crippen molar-refractivity contribution >= 4 is 21.4 Å². The molecule has 2 aromatic rings. The van der Waals surface area contributed by atoms with Crippen LogP contribution in [0.5, 0.6) is 0 Å². The van der Waals surface area contributed by atoms with Crippen LogP contribution in [0.2, 0.25) is 0 Å². The molecule has 120 valence electrons. The fourth-order valence-corrected chi connectivity index (χ4v) is 3.73. The van der Waals surface area contributed by atoms with E-state index in [1.807, 2.05) is 23.7 Å². The van der Waals surface area contributed by atoms with Gasteiger partial charge in [-0.15, -0.1) is 0 Å². The minimum atomic E-state index is -3.13. The highest BCUT2D eigenvalue weighted by Gasteiger charge is 2.24. The molecule has 0 saturated carbocycles. The van der Waals surface area contributed by atoms with Gasteiger partial charge in [0.1, 0.15) is 5.52 Å². The second kappa shape index (κ2) is 5.85. The molecule has 3 rings (SSSR count). The summed E-state index contributed by atoms with van der Waals surface area (Å²) >= 11 is 0. The quantitative estimate of drug-likeness (QED) is 0.906. The molecule has 0 bridgehead atoms. The average Bonchev–Trinajstić information content (AvgIpc) is 2.88. The number of aromatic nitrogens is 3. The Morgan fingerprint density at radius 2 is 2.09 bits per heavy atom. The normalized spacial score (nSPS) is 17.3. The van der Waals surface area contributed by atoms with Gasteiger partial charge in [-0.1, -0.05) is 0 Å². The van der Waals surface area contributed by atoms with E-state index in [0.717, 1.165) is 43.0 Å². The SMILES string of the molecule is CCS(=O)(=O)NC1CCN(c2nccn3nc(C)cc23)CC1. The number of hydrogen-bond donors (Lipinski definition) is 1. The standard InChI is InChI=1S/C14H21N5O2S/c1-3-22(20,21)17-12-4-7-18(8-5-12)14-13-10-11(2)16-19(13)9-6-15-14/h6,9-10,12,17H,3-5,7-8H2,1-2H3. The van der Waals surface area contributed by atoms with Gasteiger partial charge in [0.05, 0.1) is 11.4 Å². The molecule has 1 N–H and O–H groups in total. The Bertz CT molecular complexity index is 763. The summed E-state index contributed by atoms with van der Waals surface area (Å²) in [5, 5.41) is 4.40. The number of hydrogen-bond acceptors (Lipinski definition) is 5. The van der Waals surface area contributed by atoms with Crippen molar-refractivity contribution in [3.05, 3.63) is 24.2 Å². The molecule has 1 saturated heterocycles. The Morgan fingerprint density at radius 1 is 1.36 bits per heavy atom. The fraction of sp³-hybridized carbons (Fsp3) is 0.571. The molecule has 2 aromatic heterocycles. The predicted octanol–water partition coefficient (Wildman–Crippen LogP) is 0.946. The average molecular weight is 323 g/mol. The maximum absolute atomic E-state index is 11.6. The zero-order chi connectivity index (χ0) is 15.7. The summed E-state index contributed by atoms with van der Waals surface area (Å²) in [6.45, 7) is 5.19. The fourth-order valence-electron chi connectivity index (χ4n) is 2.82. The molecule has 0 atom stereocenters. The van der Waals surface area contributed by atoms with Crippen molar-refractivity contribution in [2.45, 2.75) is 32.7 Å². The molecule has 1 aliphatic heterocycles. The van der Waals surface area contributed by atoms with Gasteiger partial charge < -0.3 is 4.90 Å². The first-order chi connectivity index (χ1) is 10.5. The van der Waals surface area contributed by atoms with Crippen molar-refractivity contribution in [2.75, 3.05) is 23.7 Å². The first-order valence-corrected chi connectivity index (χ1v) is 9.19. The minimum Gasteiger partial charge on any atom is -0.355 e. The van der Waals surface area contributed by atoms with Gasteiger partial charge in [0.25, 0.3) is 0 Å². The van der Waals surface area contributed by atoms with Crippen LogP contribution in [0.3, 0.4) is 0 Å². The Kier molecular flexibility index (Phi) is 4.05. The number of piperidine rings is 1. The van der Waals surface area contributed by atoms with Crippen molar-refractivity contribution in [2.24, 2.45) is 0 Å². The van der Waals surface area contributed by atoms with Gasteiger partial charge in [-0.3, -0.25) is 0 Å². The third-order valence-electron chi connectivity index (χ3n) is 4.01. The third-order valence-corrected chi connectivity index (χ3v) is 5.46. The molecule has 0 aromatic carbocycles. The Hall–Kier alpha value is -1.67. The monoisotopic (exact) mass is 323 g/mol. The van der Waals surface area contributed by atoms with Crippen LogP contribution in [0.15, 0.2) is 18.5 Å². The molecule has 0 amide bonds. The second-order valence-corrected chi connectivity index (χ2v) is 7.69. The third kappa shape index (κ3) is 3.07. The van der Waals surface area contributed by atoms with Crippen molar-refractivity contribution in [1.82, 2.24) is 19.3 Å². The molecule has 7 nitrogen and oxygen atoms in total. The van der Waals surface area contributed by atoms with Gasteiger partial charge in [0.15, 0.2) is 5.82 Å². The lowest BCUT2D eigenvalue weighted by Gasteiger charge is -2.33. The molecule has 8 heteroatoms. The summed E-state index contributed by atoms with van der Waals surface area (Å²) in [7, 11) is -3.13. The second-order valence-electron chi connectivity index (χ2n) is 5.65. The van der Waals surface area contributed by atoms with Gasteiger partial charge in [-0.05, 0) is 32.8 Å². The van der Waals surface area contributed by atoms with E-state index in [-0.39, 0.29) is 11.8 Å². The molecule has 22 heavy (non-hydrogen) atoms. The number of anilines is 1. The van der Waals surface area contributed by atoms with Gasteiger partial charge in [0.2, 0.25) is 10.0 Å². The first-order valence-electron chi connectivity index (χ1n) is 7.54. The Labute approximate surface area is 130 Å². The van der Waals surface area contributed by atoms with E-state index in [2.05, 4.69) is 19.7 Å². The van der Waals surface area contributed by atoms with Crippen LogP contribution in [-0.4, -0.2) is 47.9 Å². The highest BCUT2D eigenvalue weighted by atomic mass is 32.2. The summed E-state index contributed by atoms with van der Waals surface area (Å²) in [4.78, 5) is 6.69. The van der Waals surface area contributed by atoms with Crippen molar-refractivity contribution in [3.63, 3.8) is 0 Å². The van der Waals surface area contributed by atoms with Gasteiger partial charge in [-0.25, -0.2) is 22.6 Å². The number of nitrogens with one attached hydrogen (secondary N) is 1. The molecule has 0 unspecified atom stereocenters. The molecule has 0 spiro atoms. The van der Waals surface area contributed by atoms with Gasteiger partial charge >= 0.3 is 0 Å². The zero-order valence-corrected chi connectivity index (χ0v) is 13.7. The first kappa shape index (κ1) is 15.2. The van der Waals surface area contributed by atoms with Crippen LogP contribution < -0.4 is 9.62 Å². The Balaban J connectivity index is 1.73. The molecule has 1 fully saturated rings. The van der Waals surface area contributed by atoms with Crippen LogP contribution >= 0.6 is 0 Å². The molecular weight excluding hydrogens is 302 g/mol. The zero-order valence-electron chi connectivity index (χ0n) is 12.9. The number of aryl methyl sites for hydroxylation is 1. The lowest BCUT2D eigenvalue weighted by atomic mass is 10.1. The molecule has 0 aliphatic carbocycles. The van der Waals surface area contributed by atoms with Crippen molar-refractivity contribution in [3.8, 4) is 0 Å². The van der Waals surface area contributed by atoms with Crippen LogP contribution in [-0.2, 0) is 10.0 Å². The van der Waals surface area contributed by atoms with E-state index in [4.69, 9.17) is 0 Å². The predicted molar refractivity (Wildman–Crippen MR) is 85.6 cm³/mol. The molecular formula is C14H21N5O2S. The largest absolute Gasteiger partial charge is 0.355 e. The number of sulfonamides is 1. The number of rotatable bonds is 4. The smallest absolute Gasteiger partial charge is 0.211 e. The van der Waals surface area contributed by atoms with Crippen molar-refractivity contribution in [1.29, 1.82) is 0 Å². The minimum absolute atomic E-state index is 0.0209. The van der Waals surface area contributed by atoms with E-state index in [9.17, 15) is 8.42 Å². The molecule has 1 aliphatic rings. The highest BCUT2D eigenvalue weighted by Crippen LogP contribution is 2.23. The maximum Gasteiger partial charge on any atom is 0.211 e. The van der Waals surface area contributed by atoms with Crippen LogP contribution in [0.1, 0.15) is 25.5 Å². The lowest BCUT2D eigenvalue weighted by Crippen LogP contribution is -2.45. The Morgan fingerprint density at radius 3 is 2.77 bits per heavy atom. The van der Waals surface area contributed by atoms with E-state index in [0.29, 0.717) is 0 Å². The lowest BCUT2D eigenvalue weighted by molar-refractivity contribution is 0.459. The summed E-state index contributed by atoms with van der Waals surface area (Å²) in [6, 6.07) is 2.04.